The fourth-order valence-electron chi connectivity index (χ4n) is 4.31. The summed E-state index contributed by atoms with van der Waals surface area (Å²) in [7, 11) is 0. The minimum atomic E-state index is -5.10. The SMILES string of the molecule is CCCNCc1ccc(C(F)(F)F)cc1CN1C(=O)OC(c2cc(C(F)(F)F)cc(C(F)(F)F)c2)C1CC. The summed E-state index contributed by atoms with van der Waals surface area (Å²) in [6.45, 7) is 3.81. The molecule has 1 amide bonds. The van der Waals surface area contributed by atoms with Crippen LogP contribution in [0.5, 0.6) is 0 Å². The maximum absolute atomic E-state index is 13.4. The van der Waals surface area contributed by atoms with Gasteiger partial charge < -0.3 is 10.1 Å². The Kier molecular flexibility index (Phi) is 8.59. The molecule has 4 nitrogen and oxygen atoms in total. The molecule has 0 aromatic heterocycles. The maximum atomic E-state index is 13.4. The van der Waals surface area contributed by atoms with Crippen LogP contribution >= 0.6 is 0 Å². The Labute approximate surface area is 212 Å². The first-order valence-corrected chi connectivity index (χ1v) is 11.7. The van der Waals surface area contributed by atoms with Crippen LogP contribution in [0.1, 0.15) is 66.2 Å². The van der Waals surface area contributed by atoms with E-state index in [1.807, 2.05) is 6.92 Å². The van der Waals surface area contributed by atoms with Crippen LogP contribution in [0.3, 0.4) is 0 Å². The number of cyclic esters (lactones) is 1. The maximum Gasteiger partial charge on any atom is 0.416 e. The summed E-state index contributed by atoms with van der Waals surface area (Å²) >= 11 is 0. The molecule has 1 aliphatic rings. The number of nitrogens with zero attached hydrogens (tertiary/aromatic N) is 1. The minimum Gasteiger partial charge on any atom is -0.439 e. The number of nitrogens with one attached hydrogen (secondary N) is 1. The summed E-state index contributed by atoms with van der Waals surface area (Å²) in [5, 5.41) is 3.06. The molecule has 2 atom stereocenters. The Morgan fingerprint density at radius 3 is 1.89 bits per heavy atom. The molecule has 1 aliphatic heterocycles. The summed E-state index contributed by atoms with van der Waals surface area (Å²) in [6.07, 6.45) is -16.6. The number of hydrogen-bond donors (Lipinski definition) is 1. The van der Waals surface area contributed by atoms with Gasteiger partial charge in [-0.2, -0.15) is 39.5 Å². The van der Waals surface area contributed by atoms with E-state index in [0.717, 1.165) is 23.5 Å². The van der Waals surface area contributed by atoms with E-state index in [2.05, 4.69) is 5.32 Å². The highest BCUT2D eigenvalue weighted by molar-refractivity contribution is 5.71. The van der Waals surface area contributed by atoms with Crippen molar-refractivity contribution in [2.45, 2.75) is 70.5 Å². The standard InChI is InChI=1S/C25H25F9N2O2/c1-3-7-35-12-14-5-6-17(23(26,27)28)10-16(14)13-36-20(4-2)21(38-22(36)37)15-8-18(24(29,30)31)11-19(9-15)25(32,33)34/h5-6,8-11,20-21,35H,3-4,7,12-13H2,1-2H3. The van der Waals surface area contributed by atoms with Gasteiger partial charge in [-0.25, -0.2) is 4.79 Å². The fraction of sp³-hybridized carbons (Fsp3) is 0.480. The van der Waals surface area contributed by atoms with Crippen molar-refractivity contribution in [2.24, 2.45) is 0 Å². The molecule has 0 aliphatic carbocycles. The van der Waals surface area contributed by atoms with E-state index >= 15 is 0 Å². The van der Waals surface area contributed by atoms with Gasteiger partial charge in [-0.1, -0.05) is 19.9 Å². The third-order valence-electron chi connectivity index (χ3n) is 6.19. The third kappa shape index (κ3) is 6.72. The highest BCUT2D eigenvalue weighted by Gasteiger charge is 2.44. The van der Waals surface area contributed by atoms with Gasteiger partial charge in [0.1, 0.15) is 6.10 Å². The van der Waals surface area contributed by atoms with Gasteiger partial charge in [0.15, 0.2) is 0 Å². The number of rotatable bonds is 8. The normalized spacial score (nSPS) is 18.7. The fourth-order valence-corrected chi connectivity index (χ4v) is 4.31. The zero-order chi connectivity index (χ0) is 28.5. The van der Waals surface area contributed by atoms with Gasteiger partial charge in [0.25, 0.3) is 0 Å². The topological polar surface area (TPSA) is 41.6 Å². The number of halogens is 9. The van der Waals surface area contributed by atoms with Crippen LogP contribution in [0.4, 0.5) is 44.3 Å². The number of benzene rings is 2. The lowest BCUT2D eigenvalue weighted by Crippen LogP contribution is -2.34. The minimum absolute atomic E-state index is 0.0305. The van der Waals surface area contributed by atoms with E-state index in [0.29, 0.717) is 24.2 Å². The van der Waals surface area contributed by atoms with Gasteiger partial charge in [0.2, 0.25) is 0 Å². The summed E-state index contributed by atoms with van der Waals surface area (Å²) in [4.78, 5) is 13.8. The first kappa shape index (κ1) is 29.6. The molecule has 210 valence electrons. The van der Waals surface area contributed by atoms with Crippen molar-refractivity contribution >= 4 is 6.09 Å². The third-order valence-corrected chi connectivity index (χ3v) is 6.19. The molecule has 0 spiro atoms. The van der Waals surface area contributed by atoms with E-state index in [1.54, 1.807) is 6.92 Å². The lowest BCUT2D eigenvalue weighted by atomic mass is 9.95. The molecule has 3 rings (SSSR count). The molecule has 38 heavy (non-hydrogen) atoms. The molecular formula is C25H25F9N2O2. The van der Waals surface area contributed by atoms with E-state index in [-0.39, 0.29) is 31.1 Å². The second-order valence-electron chi connectivity index (χ2n) is 8.91. The predicted molar refractivity (Wildman–Crippen MR) is 119 cm³/mol. The number of amides is 1. The van der Waals surface area contributed by atoms with E-state index < -0.39 is 59.0 Å². The molecule has 1 N–H and O–H groups in total. The lowest BCUT2D eigenvalue weighted by Gasteiger charge is -2.26. The second-order valence-corrected chi connectivity index (χ2v) is 8.91. The lowest BCUT2D eigenvalue weighted by molar-refractivity contribution is -0.143. The highest BCUT2D eigenvalue weighted by atomic mass is 19.4. The molecular weight excluding hydrogens is 531 g/mol. The van der Waals surface area contributed by atoms with Crippen LogP contribution in [0.15, 0.2) is 36.4 Å². The van der Waals surface area contributed by atoms with Crippen LogP contribution in [0.2, 0.25) is 0 Å². The zero-order valence-corrected chi connectivity index (χ0v) is 20.3. The number of alkyl halides is 9. The zero-order valence-electron chi connectivity index (χ0n) is 20.3. The van der Waals surface area contributed by atoms with Crippen molar-refractivity contribution in [3.05, 3.63) is 69.8 Å². The van der Waals surface area contributed by atoms with Gasteiger partial charge in [-0.15, -0.1) is 0 Å². The Morgan fingerprint density at radius 2 is 1.39 bits per heavy atom. The van der Waals surface area contributed by atoms with Gasteiger partial charge in [-0.05, 0) is 66.4 Å². The quantitative estimate of drug-likeness (QED) is 0.268. The van der Waals surface area contributed by atoms with Crippen LogP contribution < -0.4 is 5.32 Å². The van der Waals surface area contributed by atoms with Crippen molar-refractivity contribution < 1.29 is 49.0 Å². The number of carbonyl (C=O) groups excluding carboxylic acids is 1. The second kappa shape index (κ2) is 11.0. The van der Waals surface area contributed by atoms with Crippen LogP contribution in [-0.4, -0.2) is 23.6 Å². The Morgan fingerprint density at radius 1 is 0.816 bits per heavy atom. The summed E-state index contributed by atoms with van der Waals surface area (Å²) in [5.74, 6) is 0. The number of hydrogen-bond acceptors (Lipinski definition) is 3. The van der Waals surface area contributed by atoms with Gasteiger partial charge in [-0.3, -0.25) is 4.90 Å². The molecule has 1 saturated heterocycles. The van der Waals surface area contributed by atoms with Crippen molar-refractivity contribution in [1.29, 1.82) is 0 Å². The highest BCUT2D eigenvalue weighted by Crippen LogP contribution is 2.42. The molecule has 1 fully saturated rings. The summed E-state index contributed by atoms with van der Waals surface area (Å²) in [5.41, 5.74) is -4.02. The summed E-state index contributed by atoms with van der Waals surface area (Å²) in [6, 6.07) is 2.96. The van der Waals surface area contributed by atoms with Crippen molar-refractivity contribution in [3.63, 3.8) is 0 Å². The smallest absolute Gasteiger partial charge is 0.416 e. The number of ether oxygens (including phenoxy) is 1. The molecule has 2 aromatic carbocycles. The van der Waals surface area contributed by atoms with Crippen molar-refractivity contribution in [2.75, 3.05) is 6.54 Å². The van der Waals surface area contributed by atoms with E-state index in [1.165, 1.54) is 6.07 Å². The molecule has 0 radical (unpaired) electrons. The van der Waals surface area contributed by atoms with Crippen molar-refractivity contribution in [3.8, 4) is 0 Å². The molecule has 2 unspecified atom stereocenters. The van der Waals surface area contributed by atoms with Crippen LogP contribution in [0.25, 0.3) is 0 Å². The molecule has 13 heteroatoms. The van der Waals surface area contributed by atoms with Gasteiger partial charge in [0, 0.05) is 13.1 Å². The monoisotopic (exact) mass is 556 g/mol. The first-order valence-electron chi connectivity index (χ1n) is 11.7. The largest absolute Gasteiger partial charge is 0.439 e. The van der Waals surface area contributed by atoms with Gasteiger partial charge in [0.05, 0.1) is 22.7 Å². The van der Waals surface area contributed by atoms with Crippen LogP contribution in [-0.2, 0) is 36.4 Å². The van der Waals surface area contributed by atoms with Crippen molar-refractivity contribution in [1.82, 2.24) is 10.2 Å². The number of carbonyl (C=O) groups is 1. The average Bonchev–Trinajstić information content (AvgIpc) is 3.13. The molecule has 0 saturated carbocycles. The Bertz CT molecular complexity index is 1110. The first-order chi connectivity index (χ1) is 17.6. The molecule has 0 bridgehead atoms. The Balaban J connectivity index is 2.01. The summed E-state index contributed by atoms with van der Waals surface area (Å²) < 4.78 is 126. The van der Waals surface area contributed by atoms with E-state index in [4.69, 9.17) is 4.74 Å². The average molecular weight is 556 g/mol. The molecule has 2 aromatic rings. The van der Waals surface area contributed by atoms with Gasteiger partial charge >= 0.3 is 24.6 Å². The van der Waals surface area contributed by atoms with Crippen LogP contribution in [0, 0.1) is 0 Å². The van der Waals surface area contributed by atoms with E-state index in [9.17, 15) is 44.3 Å². The molecule has 1 heterocycles. The predicted octanol–water partition coefficient (Wildman–Crippen LogP) is 7.71. The Hall–Kier alpha value is -2.96.